The van der Waals surface area contributed by atoms with Gasteiger partial charge < -0.3 is 10.2 Å². The Morgan fingerprint density at radius 1 is 0.848 bits per heavy atom. The molecule has 1 saturated heterocycles. The number of benzene rings is 3. The van der Waals surface area contributed by atoms with E-state index >= 15 is 0 Å². The van der Waals surface area contributed by atoms with Crippen LogP contribution in [0.4, 0.5) is 8.78 Å². The van der Waals surface area contributed by atoms with Crippen LogP contribution in [0.15, 0.2) is 65.6 Å². The lowest BCUT2D eigenvalue weighted by Crippen LogP contribution is -2.52. The van der Waals surface area contributed by atoms with E-state index < -0.39 is 33.5 Å². The van der Waals surface area contributed by atoms with E-state index in [1.807, 2.05) is 24.3 Å². The number of hydrogen-bond donors (Lipinski definition) is 1. The van der Waals surface area contributed by atoms with E-state index in [9.17, 15) is 26.8 Å². The third-order valence-corrected chi connectivity index (χ3v) is 7.37. The second-order valence-electron chi connectivity index (χ2n) is 7.63. The van der Waals surface area contributed by atoms with Crippen LogP contribution in [0, 0.1) is 11.6 Å². The lowest BCUT2D eigenvalue weighted by molar-refractivity contribution is -0.131. The number of sulfonamides is 1. The SMILES string of the molecule is O=C(NCC(=O)N1CCN(S(=O)(=O)c2ccc3ccccc3c2)CC1)c1cc(F)cc(F)c1. The zero-order chi connectivity index (χ0) is 23.6. The molecule has 0 radical (unpaired) electrons. The highest BCUT2D eigenvalue weighted by molar-refractivity contribution is 7.89. The minimum Gasteiger partial charge on any atom is -0.343 e. The average molecular weight is 474 g/mol. The fourth-order valence-electron chi connectivity index (χ4n) is 3.71. The molecule has 0 unspecified atom stereocenters. The Hall–Kier alpha value is -3.37. The summed E-state index contributed by atoms with van der Waals surface area (Å²) in [4.78, 5) is 26.1. The first-order chi connectivity index (χ1) is 15.7. The van der Waals surface area contributed by atoms with Gasteiger partial charge in [-0.25, -0.2) is 17.2 Å². The fourth-order valence-corrected chi connectivity index (χ4v) is 5.17. The van der Waals surface area contributed by atoms with Crippen LogP contribution in [0.5, 0.6) is 0 Å². The van der Waals surface area contributed by atoms with Gasteiger partial charge in [-0.15, -0.1) is 0 Å². The molecular weight excluding hydrogens is 452 g/mol. The van der Waals surface area contributed by atoms with Crippen LogP contribution in [-0.2, 0) is 14.8 Å². The van der Waals surface area contributed by atoms with Gasteiger partial charge in [-0.2, -0.15) is 4.31 Å². The first-order valence-electron chi connectivity index (χ1n) is 10.2. The van der Waals surface area contributed by atoms with E-state index in [0.29, 0.717) is 6.07 Å². The summed E-state index contributed by atoms with van der Waals surface area (Å²) in [6, 6.07) is 14.8. The molecule has 0 atom stereocenters. The number of amides is 2. The molecule has 1 aliphatic heterocycles. The van der Waals surface area contributed by atoms with Crippen LogP contribution in [-0.4, -0.2) is 62.2 Å². The molecule has 4 rings (SSSR count). The average Bonchev–Trinajstić information content (AvgIpc) is 2.81. The predicted molar refractivity (Wildman–Crippen MR) is 118 cm³/mol. The van der Waals surface area contributed by atoms with E-state index in [4.69, 9.17) is 0 Å². The molecule has 172 valence electrons. The summed E-state index contributed by atoms with van der Waals surface area (Å²) in [5.74, 6) is -2.98. The van der Waals surface area contributed by atoms with Gasteiger partial charge in [0.2, 0.25) is 15.9 Å². The molecule has 0 aliphatic carbocycles. The largest absolute Gasteiger partial charge is 0.343 e. The van der Waals surface area contributed by atoms with Crippen molar-refractivity contribution in [1.82, 2.24) is 14.5 Å². The monoisotopic (exact) mass is 473 g/mol. The standard InChI is InChI=1S/C23H21F2N3O4S/c24-19-11-18(12-20(25)14-19)23(30)26-15-22(29)27-7-9-28(10-8-27)33(31,32)21-6-5-16-3-1-2-4-17(16)13-21/h1-6,11-14H,7-10,15H2,(H,26,30). The number of rotatable bonds is 5. The Balaban J connectivity index is 1.34. The number of halogens is 2. The maximum absolute atomic E-state index is 13.3. The van der Waals surface area contributed by atoms with E-state index in [1.165, 1.54) is 9.21 Å². The van der Waals surface area contributed by atoms with Gasteiger partial charge in [-0.1, -0.05) is 30.3 Å². The summed E-state index contributed by atoms with van der Waals surface area (Å²) in [5.41, 5.74) is -0.230. The Morgan fingerprint density at radius 2 is 1.48 bits per heavy atom. The smallest absolute Gasteiger partial charge is 0.251 e. The molecule has 0 saturated carbocycles. The Morgan fingerprint density at radius 3 is 2.15 bits per heavy atom. The lowest BCUT2D eigenvalue weighted by Gasteiger charge is -2.34. The highest BCUT2D eigenvalue weighted by atomic mass is 32.2. The third-order valence-electron chi connectivity index (χ3n) is 5.47. The minimum absolute atomic E-state index is 0.115. The number of nitrogens with zero attached hydrogens (tertiary/aromatic N) is 2. The van der Waals surface area contributed by atoms with Crippen molar-refractivity contribution in [2.24, 2.45) is 0 Å². The van der Waals surface area contributed by atoms with Gasteiger partial charge in [0, 0.05) is 37.8 Å². The second-order valence-corrected chi connectivity index (χ2v) is 9.57. The van der Waals surface area contributed by atoms with Crippen molar-refractivity contribution in [1.29, 1.82) is 0 Å². The molecule has 3 aromatic rings. The summed E-state index contributed by atoms with van der Waals surface area (Å²) in [6.45, 7) is 0.189. The van der Waals surface area contributed by atoms with Crippen LogP contribution in [0.25, 0.3) is 10.8 Å². The molecular formula is C23H21F2N3O4S. The molecule has 10 heteroatoms. The van der Waals surface area contributed by atoms with Crippen molar-refractivity contribution >= 4 is 32.6 Å². The van der Waals surface area contributed by atoms with E-state index in [1.54, 1.807) is 18.2 Å². The second kappa shape index (κ2) is 9.24. The predicted octanol–water partition coefficient (Wildman–Crippen LogP) is 2.38. The van der Waals surface area contributed by atoms with Gasteiger partial charge in [-0.05, 0) is 35.0 Å². The van der Waals surface area contributed by atoms with Crippen molar-refractivity contribution in [3.63, 3.8) is 0 Å². The minimum atomic E-state index is -3.72. The van der Waals surface area contributed by atoms with Crippen molar-refractivity contribution in [2.45, 2.75) is 4.90 Å². The summed E-state index contributed by atoms with van der Waals surface area (Å²) in [6.07, 6.45) is 0. The van der Waals surface area contributed by atoms with Crippen LogP contribution < -0.4 is 5.32 Å². The number of piperazine rings is 1. The molecule has 1 fully saturated rings. The molecule has 1 N–H and O–H groups in total. The first-order valence-corrected chi connectivity index (χ1v) is 11.7. The zero-order valence-electron chi connectivity index (χ0n) is 17.5. The number of carbonyl (C=O) groups excluding carboxylic acids is 2. The normalized spacial score (nSPS) is 14.9. The highest BCUT2D eigenvalue weighted by Gasteiger charge is 2.30. The molecule has 1 aliphatic rings. The molecule has 2 amide bonds. The number of nitrogens with one attached hydrogen (secondary N) is 1. The summed E-state index contributed by atoms with van der Waals surface area (Å²) < 4.78 is 53.9. The summed E-state index contributed by atoms with van der Waals surface area (Å²) in [5, 5.41) is 4.10. The van der Waals surface area contributed by atoms with Crippen molar-refractivity contribution < 1.29 is 26.8 Å². The van der Waals surface area contributed by atoms with Gasteiger partial charge >= 0.3 is 0 Å². The van der Waals surface area contributed by atoms with E-state index in [2.05, 4.69) is 5.32 Å². The molecule has 3 aromatic carbocycles. The van der Waals surface area contributed by atoms with Gasteiger partial charge in [0.15, 0.2) is 0 Å². The molecule has 7 nitrogen and oxygen atoms in total. The number of hydrogen-bond acceptors (Lipinski definition) is 4. The van der Waals surface area contributed by atoms with Gasteiger partial charge in [0.1, 0.15) is 11.6 Å². The fraction of sp³-hybridized carbons (Fsp3) is 0.217. The molecule has 0 aromatic heterocycles. The Bertz CT molecular complexity index is 1300. The summed E-state index contributed by atoms with van der Waals surface area (Å²) in [7, 11) is -3.72. The maximum atomic E-state index is 13.3. The van der Waals surface area contributed by atoms with Gasteiger partial charge in [-0.3, -0.25) is 9.59 Å². The zero-order valence-corrected chi connectivity index (χ0v) is 18.3. The van der Waals surface area contributed by atoms with E-state index in [0.717, 1.165) is 22.9 Å². The number of carbonyl (C=O) groups is 2. The molecule has 1 heterocycles. The van der Waals surface area contributed by atoms with Crippen LogP contribution >= 0.6 is 0 Å². The van der Waals surface area contributed by atoms with Crippen molar-refractivity contribution in [3.8, 4) is 0 Å². The molecule has 33 heavy (non-hydrogen) atoms. The van der Waals surface area contributed by atoms with Crippen molar-refractivity contribution in [2.75, 3.05) is 32.7 Å². The highest BCUT2D eigenvalue weighted by Crippen LogP contribution is 2.23. The van der Waals surface area contributed by atoms with Gasteiger partial charge in [0.25, 0.3) is 5.91 Å². The van der Waals surface area contributed by atoms with Crippen LogP contribution in [0.1, 0.15) is 10.4 Å². The summed E-state index contributed by atoms with van der Waals surface area (Å²) >= 11 is 0. The van der Waals surface area contributed by atoms with Gasteiger partial charge in [0.05, 0.1) is 11.4 Å². The van der Waals surface area contributed by atoms with Crippen molar-refractivity contribution in [3.05, 3.63) is 77.9 Å². The van der Waals surface area contributed by atoms with Crippen LogP contribution in [0.3, 0.4) is 0 Å². The first kappa shape index (κ1) is 22.8. The van der Waals surface area contributed by atoms with Crippen LogP contribution in [0.2, 0.25) is 0 Å². The maximum Gasteiger partial charge on any atom is 0.251 e. The topological polar surface area (TPSA) is 86.8 Å². The lowest BCUT2D eigenvalue weighted by atomic mass is 10.1. The number of fused-ring (bicyclic) bond motifs is 1. The quantitative estimate of drug-likeness (QED) is 0.617. The third kappa shape index (κ3) is 5.01. The molecule has 0 spiro atoms. The Labute approximate surface area is 189 Å². The molecule has 0 bridgehead atoms. The van der Waals surface area contributed by atoms with E-state index in [-0.39, 0.29) is 43.2 Å². The Kier molecular flexibility index (Phi) is 6.39.